The second kappa shape index (κ2) is 6.45. The van der Waals surface area contributed by atoms with E-state index in [4.69, 9.17) is 4.42 Å². The molecule has 2 aromatic carbocycles. The van der Waals surface area contributed by atoms with Gasteiger partial charge < -0.3 is 9.32 Å². The lowest BCUT2D eigenvalue weighted by atomic mass is 9.92. The maximum absolute atomic E-state index is 13.4. The topological polar surface area (TPSA) is 33.5 Å². The Balaban J connectivity index is 2.07. The van der Waals surface area contributed by atoms with Gasteiger partial charge in [-0.3, -0.25) is 0 Å². The van der Waals surface area contributed by atoms with Gasteiger partial charge in [-0.25, -0.2) is 9.18 Å². The SMILES string of the molecule is CN(C)c1ccc2c(-c3ccc(F)cc3)c(C3=CCCC3)c(=O)oc2c1. The normalized spacial score (nSPS) is 13.9. The number of allylic oxidation sites excluding steroid dienone is 2. The Bertz CT molecular complexity index is 1060. The second-order valence-electron chi connectivity index (χ2n) is 6.84. The van der Waals surface area contributed by atoms with Crippen molar-refractivity contribution in [3.8, 4) is 11.1 Å². The first-order valence-electron chi connectivity index (χ1n) is 8.78. The molecule has 0 fully saturated rings. The highest BCUT2D eigenvalue weighted by atomic mass is 19.1. The third-order valence-electron chi connectivity index (χ3n) is 4.90. The number of hydrogen-bond acceptors (Lipinski definition) is 3. The zero-order valence-corrected chi connectivity index (χ0v) is 14.9. The molecule has 3 nitrogen and oxygen atoms in total. The number of fused-ring (bicyclic) bond motifs is 1. The summed E-state index contributed by atoms with van der Waals surface area (Å²) in [6.45, 7) is 0. The molecule has 4 rings (SSSR count). The van der Waals surface area contributed by atoms with Crippen LogP contribution in [0.25, 0.3) is 27.7 Å². The van der Waals surface area contributed by atoms with Gasteiger partial charge in [-0.05, 0) is 54.7 Å². The third-order valence-corrected chi connectivity index (χ3v) is 4.90. The summed E-state index contributed by atoms with van der Waals surface area (Å²) < 4.78 is 19.1. The van der Waals surface area contributed by atoms with E-state index in [0.29, 0.717) is 11.1 Å². The molecule has 0 radical (unpaired) electrons. The zero-order chi connectivity index (χ0) is 18.3. The summed E-state index contributed by atoms with van der Waals surface area (Å²) >= 11 is 0. The van der Waals surface area contributed by atoms with E-state index in [1.165, 1.54) is 12.1 Å². The summed E-state index contributed by atoms with van der Waals surface area (Å²) in [6.07, 6.45) is 4.98. The predicted octanol–water partition coefficient (Wildman–Crippen LogP) is 5.23. The van der Waals surface area contributed by atoms with Crippen molar-refractivity contribution in [2.75, 3.05) is 19.0 Å². The molecule has 0 spiro atoms. The van der Waals surface area contributed by atoms with Crippen LogP contribution in [0.1, 0.15) is 24.8 Å². The Morgan fingerprint density at radius 2 is 1.81 bits per heavy atom. The molecule has 1 aromatic heterocycles. The molecule has 4 heteroatoms. The average Bonchev–Trinajstić information content (AvgIpc) is 3.15. The number of hydrogen-bond donors (Lipinski definition) is 0. The molecule has 0 bridgehead atoms. The second-order valence-corrected chi connectivity index (χ2v) is 6.84. The van der Waals surface area contributed by atoms with E-state index in [1.54, 1.807) is 12.1 Å². The highest BCUT2D eigenvalue weighted by molar-refractivity contribution is 6.00. The highest BCUT2D eigenvalue weighted by Crippen LogP contribution is 2.38. The molecule has 0 atom stereocenters. The van der Waals surface area contributed by atoms with Crippen LogP contribution in [0.15, 0.2) is 57.8 Å². The molecule has 0 aliphatic heterocycles. The predicted molar refractivity (Wildman–Crippen MR) is 104 cm³/mol. The largest absolute Gasteiger partial charge is 0.422 e. The van der Waals surface area contributed by atoms with E-state index in [2.05, 4.69) is 6.08 Å². The monoisotopic (exact) mass is 349 g/mol. The van der Waals surface area contributed by atoms with Gasteiger partial charge in [-0.2, -0.15) is 0 Å². The van der Waals surface area contributed by atoms with E-state index in [9.17, 15) is 9.18 Å². The Morgan fingerprint density at radius 1 is 1.04 bits per heavy atom. The van der Waals surface area contributed by atoms with Gasteiger partial charge in [0.2, 0.25) is 0 Å². The van der Waals surface area contributed by atoms with Crippen LogP contribution in [0.2, 0.25) is 0 Å². The molecule has 1 heterocycles. The third kappa shape index (κ3) is 2.81. The molecular weight excluding hydrogens is 329 g/mol. The van der Waals surface area contributed by atoms with Gasteiger partial charge in [-0.15, -0.1) is 0 Å². The van der Waals surface area contributed by atoms with Crippen molar-refractivity contribution in [1.29, 1.82) is 0 Å². The van der Waals surface area contributed by atoms with Crippen molar-refractivity contribution < 1.29 is 8.81 Å². The fourth-order valence-electron chi connectivity index (χ4n) is 3.57. The number of nitrogens with zero attached hydrogens (tertiary/aromatic N) is 1. The Labute approximate surface area is 151 Å². The lowest BCUT2D eigenvalue weighted by Crippen LogP contribution is -2.11. The first-order valence-corrected chi connectivity index (χ1v) is 8.78. The van der Waals surface area contributed by atoms with Gasteiger partial charge in [0.25, 0.3) is 0 Å². The zero-order valence-electron chi connectivity index (χ0n) is 14.9. The summed E-state index contributed by atoms with van der Waals surface area (Å²) in [5, 5.41) is 0.865. The maximum Gasteiger partial charge on any atom is 0.344 e. The lowest BCUT2D eigenvalue weighted by Gasteiger charge is -2.16. The van der Waals surface area contributed by atoms with Crippen LogP contribution >= 0.6 is 0 Å². The fraction of sp³-hybridized carbons (Fsp3) is 0.227. The van der Waals surface area contributed by atoms with Crippen molar-refractivity contribution in [2.45, 2.75) is 19.3 Å². The minimum absolute atomic E-state index is 0.294. The van der Waals surface area contributed by atoms with Crippen LogP contribution in [0.4, 0.5) is 10.1 Å². The van der Waals surface area contributed by atoms with Crippen molar-refractivity contribution >= 4 is 22.2 Å². The van der Waals surface area contributed by atoms with Crippen LogP contribution in [0.3, 0.4) is 0 Å². The minimum Gasteiger partial charge on any atom is -0.422 e. The highest BCUT2D eigenvalue weighted by Gasteiger charge is 2.21. The molecule has 3 aromatic rings. The summed E-state index contributed by atoms with van der Waals surface area (Å²) in [7, 11) is 3.88. The quantitative estimate of drug-likeness (QED) is 0.607. The molecule has 0 amide bonds. The van der Waals surface area contributed by atoms with E-state index in [0.717, 1.165) is 47.0 Å². The van der Waals surface area contributed by atoms with Gasteiger partial charge in [0, 0.05) is 36.8 Å². The van der Waals surface area contributed by atoms with Crippen molar-refractivity contribution in [3.05, 3.63) is 70.3 Å². The van der Waals surface area contributed by atoms with E-state index >= 15 is 0 Å². The number of rotatable bonds is 3. The number of anilines is 1. The van der Waals surface area contributed by atoms with Crippen molar-refractivity contribution in [1.82, 2.24) is 0 Å². The molecule has 0 saturated heterocycles. The summed E-state index contributed by atoms with van der Waals surface area (Å²) in [6, 6.07) is 12.2. The first-order chi connectivity index (χ1) is 12.5. The summed E-state index contributed by atoms with van der Waals surface area (Å²) in [5.41, 5.74) is 4.46. The Kier molecular flexibility index (Phi) is 4.11. The maximum atomic E-state index is 13.4. The average molecular weight is 349 g/mol. The van der Waals surface area contributed by atoms with Crippen molar-refractivity contribution in [3.63, 3.8) is 0 Å². The van der Waals surface area contributed by atoms with E-state index in [-0.39, 0.29) is 11.4 Å². The van der Waals surface area contributed by atoms with E-state index in [1.807, 2.05) is 37.2 Å². The van der Waals surface area contributed by atoms with Crippen LogP contribution < -0.4 is 10.5 Å². The summed E-state index contributed by atoms with van der Waals surface area (Å²) in [4.78, 5) is 14.8. The Morgan fingerprint density at radius 3 is 2.46 bits per heavy atom. The van der Waals surface area contributed by atoms with Crippen molar-refractivity contribution in [2.24, 2.45) is 0 Å². The summed E-state index contributed by atoms with van der Waals surface area (Å²) in [5.74, 6) is -0.294. The lowest BCUT2D eigenvalue weighted by molar-refractivity contribution is 0.559. The molecule has 132 valence electrons. The molecule has 26 heavy (non-hydrogen) atoms. The van der Waals surface area contributed by atoms with Gasteiger partial charge in [0.1, 0.15) is 11.4 Å². The van der Waals surface area contributed by atoms with Gasteiger partial charge in [0.05, 0.1) is 5.56 Å². The number of benzene rings is 2. The standard InChI is InChI=1S/C22H20FNO2/c1-24(2)17-11-12-18-19(13-17)26-22(25)21(14-5-3-4-6-14)20(18)15-7-9-16(23)10-8-15/h5,7-13H,3-4,6H2,1-2H3. The van der Waals surface area contributed by atoms with Gasteiger partial charge in [0.15, 0.2) is 0 Å². The molecule has 0 unspecified atom stereocenters. The molecule has 1 aliphatic rings. The molecule has 0 saturated carbocycles. The smallest absolute Gasteiger partial charge is 0.344 e. The van der Waals surface area contributed by atoms with Crippen LogP contribution in [-0.2, 0) is 0 Å². The number of halogens is 1. The van der Waals surface area contributed by atoms with E-state index < -0.39 is 0 Å². The molecular formula is C22H20FNO2. The Hall–Kier alpha value is -2.88. The van der Waals surface area contributed by atoms with Crippen LogP contribution in [0.5, 0.6) is 0 Å². The molecule has 1 aliphatic carbocycles. The minimum atomic E-state index is -0.333. The fourth-order valence-corrected chi connectivity index (χ4v) is 3.57. The van der Waals surface area contributed by atoms with Crippen LogP contribution in [-0.4, -0.2) is 14.1 Å². The van der Waals surface area contributed by atoms with Gasteiger partial charge in [-0.1, -0.05) is 18.2 Å². The first kappa shape index (κ1) is 16.6. The van der Waals surface area contributed by atoms with Gasteiger partial charge >= 0.3 is 5.63 Å². The molecule has 0 N–H and O–H groups in total. The van der Waals surface area contributed by atoms with Crippen LogP contribution in [0, 0.1) is 5.82 Å².